The summed E-state index contributed by atoms with van der Waals surface area (Å²) < 4.78 is 0. The van der Waals surface area contributed by atoms with Crippen LogP contribution in [-0.2, 0) is 0 Å². The summed E-state index contributed by atoms with van der Waals surface area (Å²) in [5, 5.41) is 3.84. The Balaban J connectivity index is 2.34. The van der Waals surface area contributed by atoms with Crippen LogP contribution < -0.4 is 10.2 Å². The molecule has 0 bridgehead atoms. The summed E-state index contributed by atoms with van der Waals surface area (Å²) in [5.41, 5.74) is 1.83. The van der Waals surface area contributed by atoms with Gasteiger partial charge >= 0.3 is 0 Å². The third kappa shape index (κ3) is 3.95. The Kier molecular flexibility index (Phi) is 5.20. The van der Waals surface area contributed by atoms with Gasteiger partial charge in [0, 0.05) is 13.1 Å². The molecule has 0 fully saturated rings. The van der Waals surface area contributed by atoms with Crippen molar-refractivity contribution in [3.8, 4) is 0 Å². The van der Waals surface area contributed by atoms with Gasteiger partial charge in [0.15, 0.2) is 0 Å². The van der Waals surface area contributed by atoms with Crippen LogP contribution in [0.5, 0.6) is 0 Å². The highest BCUT2D eigenvalue weighted by Gasteiger charge is 2.11. The van der Waals surface area contributed by atoms with Crippen LogP contribution in [0.15, 0.2) is 18.2 Å². The van der Waals surface area contributed by atoms with Gasteiger partial charge in [-0.3, -0.25) is 0 Å². The molecule has 1 N–H and O–H groups in total. The number of halogens is 2. The SMILES string of the molecule is CCN(CC)c1nc(Cl)nc(Nc2cc(C)ccc2Cl)n1. The van der Waals surface area contributed by atoms with E-state index in [-0.39, 0.29) is 5.28 Å². The van der Waals surface area contributed by atoms with Crippen molar-refractivity contribution in [1.82, 2.24) is 15.0 Å². The first-order valence-corrected chi connectivity index (χ1v) is 7.48. The summed E-state index contributed by atoms with van der Waals surface area (Å²) in [6, 6.07) is 5.69. The van der Waals surface area contributed by atoms with E-state index in [0.717, 1.165) is 24.3 Å². The molecule has 0 aliphatic rings. The number of nitrogens with zero attached hydrogens (tertiary/aromatic N) is 4. The topological polar surface area (TPSA) is 53.9 Å². The van der Waals surface area contributed by atoms with Gasteiger partial charge in [0.25, 0.3) is 0 Å². The van der Waals surface area contributed by atoms with Crippen molar-refractivity contribution >= 4 is 40.8 Å². The lowest BCUT2D eigenvalue weighted by molar-refractivity contribution is 0.814. The molecule has 5 nitrogen and oxygen atoms in total. The molecule has 112 valence electrons. The van der Waals surface area contributed by atoms with E-state index in [1.807, 2.05) is 43.9 Å². The number of rotatable bonds is 5. The fourth-order valence-corrected chi connectivity index (χ4v) is 2.22. The van der Waals surface area contributed by atoms with Crippen molar-refractivity contribution in [2.24, 2.45) is 0 Å². The number of hydrogen-bond donors (Lipinski definition) is 1. The number of benzene rings is 1. The smallest absolute Gasteiger partial charge is 0.233 e. The molecule has 0 radical (unpaired) electrons. The van der Waals surface area contributed by atoms with Crippen LogP contribution in [0.25, 0.3) is 0 Å². The fraction of sp³-hybridized carbons (Fsp3) is 0.357. The van der Waals surface area contributed by atoms with Crippen LogP contribution in [0.4, 0.5) is 17.6 Å². The van der Waals surface area contributed by atoms with Crippen LogP contribution in [-0.4, -0.2) is 28.0 Å². The fourth-order valence-electron chi connectivity index (χ4n) is 1.90. The van der Waals surface area contributed by atoms with Gasteiger partial charge in [0.05, 0.1) is 10.7 Å². The van der Waals surface area contributed by atoms with Crippen LogP contribution >= 0.6 is 23.2 Å². The third-order valence-corrected chi connectivity index (χ3v) is 3.51. The van der Waals surface area contributed by atoms with Gasteiger partial charge in [-0.25, -0.2) is 0 Å². The summed E-state index contributed by atoms with van der Waals surface area (Å²) >= 11 is 12.1. The van der Waals surface area contributed by atoms with Crippen molar-refractivity contribution in [3.63, 3.8) is 0 Å². The van der Waals surface area contributed by atoms with E-state index in [0.29, 0.717) is 16.9 Å². The lowest BCUT2D eigenvalue weighted by Crippen LogP contribution is -2.24. The molecule has 1 aromatic heterocycles. The second-order valence-corrected chi connectivity index (χ2v) is 5.25. The van der Waals surface area contributed by atoms with Gasteiger partial charge in [0.2, 0.25) is 17.2 Å². The molecular weight excluding hydrogens is 309 g/mol. The first-order chi connectivity index (χ1) is 10.0. The molecule has 2 rings (SSSR count). The minimum atomic E-state index is 0.151. The molecule has 7 heteroatoms. The Morgan fingerprint density at radius 1 is 1.10 bits per heavy atom. The zero-order valence-corrected chi connectivity index (χ0v) is 13.7. The Labute approximate surface area is 134 Å². The number of aromatic nitrogens is 3. The number of nitrogens with one attached hydrogen (secondary N) is 1. The van der Waals surface area contributed by atoms with E-state index in [2.05, 4.69) is 20.3 Å². The van der Waals surface area contributed by atoms with Gasteiger partial charge in [0.1, 0.15) is 0 Å². The van der Waals surface area contributed by atoms with E-state index in [4.69, 9.17) is 23.2 Å². The Hall–Kier alpha value is -1.59. The first kappa shape index (κ1) is 15.8. The highest BCUT2D eigenvalue weighted by Crippen LogP contribution is 2.26. The van der Waals surface area contributed by atoms with E-state index in [1.54, 1.807) is 0 Å². The molecule has 0 amide bonds. The quantitative estimate of drug-likeness (QED) is 0.897. The summed E-state index contributed by atoms with van der Waals surface area (Å²) in [7, 11) is 0. The predicted octanol–water partition coefficient (Wildman–Crippen LogP) is 4.08. The second kappa shape index (κ2) is 6.91. The van der Waals surface area contributed by atoms with Crippen LogP contribution in [0.2, 0.25) is 10.3 Å². The van der Waals surface area contributed by atoms with Gasteiger partial charge in [-0.05, 0) is 50.1 Å². The Morgan fingerprint density at radius 3 is 2.48 bits per heavy atom. The number of anilines is 3. The van der Waals surface area contributed by atoms with Crippen LogP contribution in [0.3, 0.4) is 0 Å². The predicted molar refractivity (Wildman–Crippen MR) is 87.9 cm³/mol. The molecular formula is C14H17Cl2N5. The van der Waals surface area contributed by atoms with Crippen molar-refractivity contribution < 1.29 is 0 Å². The summed E-state index contributed by atoms with van der Waals surface area (Å²) in [6.07, 6.45) is 0. The van der Waals surface area contributed by atoms with Gasteiger partial charge in [-0.15, -0.1) is 0 Å². The molecule has 0 aliphatic carbocycles. The first-order valence-electron chi connectivity index (χ1n) is 6.73. The Bertz CT molecular complexity index is 629. The Morgan fingerprint density at radius 2 is 1.81 bits per heavy atom. The average molecular weight is 326 g/mol. The maximum Gasteiger partial charge on any atom is 0.233 e. The minimum absolute atomic E-state index is 0.151. The monoisotopic (exact) mass is 325 g/mol. The minimum Gasteiger partial charge on any atom is -0.341 e. The average Bonchev–Trinajstić information content (AvgIpc) is 2.44. The molecule has 0 saturated heterocycles. The van der Waals surface area contributed by atoms with E-state index < -0.39 is 0 Å². The van der Waals surface area contributed by atoms with Crippen LogP contribution in [0.1, 0.15) is 19.4 Å². The zero-order valence-electron chi connectivity index (χ0n) is 12.2. The van der Waals surface area contributed by atoms with Crippen molar-refractivity contribution in [1.29, 1.82) is 0 Å². The van der Waals surface area contributed by atoms with E-state index in [9.17, 15) is 0 Å². The van der Waals surface area contributed by atoms with E-state index in [1.165, 1.54) is 0 Å². The highest BCUT2D eigenvalue weighted by molar-refractivity contribution is 6.33. The molecule has 0 atom stereocenters. The maximum atomic E-state index is 6.17. The molecule has 1 heterocycles. The van der Waals surface area contributed by atoms with Crippen molar-refractivity contribution in [2.45, 2.75) is 20.8 Å². The summed E-state index contributed by atoms with van der Waals surface area (Å²) in [5.74, 6) is 0.927. The second-order valence-electron chi connectivity index (χ2n) is 4.51. The largest absolute Gasteiger partial charge is 0.341 e. The molecule has 0 spiro atoms. The zero-order chi connectivity index (χ0) is 15.4. The lowest BCUT2D eigenvalue weighted by Gasteiger charge is -2.19. The van der Waals surface area contributed by atoms with Gasteiger partial charge in [-0.1, -0.05) is 17.7 Å². The van der Waals surface area contributed by atoms with Crippen molar-refractivity contribution in [2.75, 3.05) is 23.3 Å². The number of hydrogen-bond acceptors (Lipinski definition) is 5. The van der Waals surface area contributed by atoms with Gasteiger partial charge in [-0.2, -0.15) is 15.0 Å². The summed E-state index contributed by atoms with van der Waals surface area (Å²) in [4.78, 5) is 14.6. The lowest BCUT2D eigenvalue weighted by atomic mass is 10.2. The maximum absolute atomic E-state index is 6.17. The molecule has 1 aromatic carbocycles. The van der Waals surface area contributed by atoms with Crippen molar-refractivity contribution in [3.05, 3.63) is 34.1 Å². The molecule has 2 aromatic rings. The molecule has 0 saturated carbocycles. The standard InChI is InChI=1S/C14H17Cl2N5/c1-4-21(5-2)14-19-12(16)18-13(20-14)17-11-8-9(3)6-7-10(11)15/h6-8H,4-5H2,1-3H3,(H,17,18,19,20). The molecule has 0 unspecified atom stereocenters. The highest BCUT2D eigenvalue weighted by atomic mass is 35.5. The third-order valence-electron chi connectivity index (χ3n) is 3.01. The number of aryl methyl sites for hydroxylation is 1. The van der Waals surface area contributed by atoms with Gasteiger partial charge < -0.3 is 10.2 Å². The van der Waals surface area contributed by atoms with Crippen LogP contribution in [0, 0.1) is 6.92 Å². The molecule has 0 aliphatic heterocycles. The molecule has 21 heavy (non-hydrogen) atoms. The van der Waals surface area contributed by atoms with E-state index >= 15 is 0 Å². The normalized spacial score (nSPS) is 10.5. The summed E-state index contributed by atoms with van der Waals surface area (Å²) in [6.45, 7) is 7.64.